The molecule has 4 aromatic rings. The van der Waals surface area contributed by atoms with Gasteiger partial charge in [-0.2, -0.15) is 0 Å². The van der Waals surface area contributed by atoms with E-state index in [0.717, 1.165) is 14.8 Å². The van der Waals surface area contributed by atoms with Crippen LogP contribution in [0.5, 0.6) is 5.75 Å². The van der Waals surface area contributed by atoms with E-state index in [1.165, 1.54) is 28.8 Å². The summed E-state index contributed by atoms with van der Waals surface area (Å²) in [7, 11) is -4.27. The number of carbonyl (C=O) groups is 2. The lowest BCUT2D eigenvalue weighted by Crippen LogP contribution is -2.53. The van der Waals surface area contributed by atoms with Crippen molar-refractivity contribution >= 4 is 50.9 Å². The molecule has 46 heavy (non-hydrogen) atoms. The highest BCUT2D eigenvalue weighted by Gasteiger charge is 2.35. The predicted molar refractivity (Wildman–Crippen MR) is 185 cm³/mol. The first-order chi connectivity index (χ1) is 22.2. The molecule has 0 bridgehead atoms. The molecule has 0 aromatic heterocycles. The third kappa shape index (κ3) is 8.63. The van der Waals surface area contributed by atoms with Crippen molar-refractivity contribution in [3.8, 4) is 5.75 Å². The van der Waals surface area contributed by atoms with Crippen molar-refractivity contribution < 1.29 is 22.7 Å². The van der Waals surface area contributed by atoms with Crippen LogP contribution in [-0.2, 0) is 32.6 Å². The van der Waals surface area contributed by atoms with Crippen molar-refractivity contribution in [2.24, 2.45) is 0 Å². The second-order valence-corrected chi connectivity index (χ2v) is 13.5. The van der Waals surface area contributed by atoms with Gasteiger partial charge in [0.25, 0.3) is 10.0 Å². The van der Waals surface area contributed by atoms with Gasteiger partial charge in [0, 0.05) is 29.4 Å². The summed E-state index contributed by atoms with van der Waals surface area (Å²) >= 11 is 8.04. The summed E-state index contributed by atoms with van der Waals surface area (Å²) in [5.41, 5.74) is 1.68. The molecule has 11 heteroatoms. The molecule has 1 atom stereocenters. The second kappa shape index (κ2) is 16.5. The largest absolute Gasteiger partial charge is 0.492 e. The van der Waals surface area contributed by atoms with Crippen LogP contribution in [0.15, 0.2) is 113 Å². The number of sulfonamides is 1. The highest BCUT2D eigenvalue weighted by Crippen LogP contribution is 2.33. The first-order valence-electron chi connectivity index (χ1n) is 14.9. The molecular weight excluding hydrogens is 642 g/mol. The number of carbonyl (C=O) groups excluding carboxylic acids is 2. The number of nitrogens with zero attached hydrogens (tertiary/aromatic N) is 2. The van der Waals surface area contributed by atoms with Crippen LogP contribution in [0.4, 0.5) is 5.69 Å². The first-order valence-corrected chi connectivity index (χ1v) is 18.0. The molecular formula is C35H38ClN3O5S2. The maximum Gasteiger partial charge on any atom is 0.264 e. The fraction of sp³-hybridized carbons (Fsp3) is 0.257. The first kappa shape index (κ1) is 34.9. The average molecular weight is 680 g/mol. The molecule has 8 nitrogen and oxygen atoms in total. The van der Waals surface area contributed by atoms with Crippen LogP contribution in [0.3, 0.4) is 0 Å². The standard InChI is InChI=1S/C35H38ClN3O5S2/c1-4-37-35(41)32(23-26-13-7-6-8-14-26)38(24-27-15-9-10-16-30(27)36)34(40)25-39(31-17-11-12-18-33(31)44-5-2)46(42,43)29-21-19-28(45-3)20-22-29/h6-22,32H,4-5,23-25H2,1-3H3,(H,37,41). The molecule has 4 rings (SSSR count). The number of para-hydroxylation sites is 2. The minimum atomic E-state index is -4.27. The van der Waals surface area contributed by atoms with E-state index >= 15 is 0 Å². The minimum absolute atomic E-state index is 0.0173. The normalized spacial score (nSPS) is 11.8. The van der Waals surface area contributed by atoms with Crippen molar-refractivity contribution in [2.75, 3.05) is 30.3 Å². The molecule has 0 radical (unpaired) electrons. The number of hydrogen-bond donors (Lipinski definition) is 1. The maximum absolute atomic E-state index is 14.6. The SMILES string of the molecule is CCNC(=O)C(Cc1ccccc1)N(Cc1ccccc1Cl)C(=O)CN(c1ccccc1OCC)S(=O)(=O)c1ccc(SC)cc1. The number of anilines is 1. The molecule has 1 unspecified atom stereocenters. The molecule has 0 heterocycles. The third-order valence-corrected chi connectivity index (χ3v) is 10.2. The van der Waals surface area contributed by atoms with Crippen LogP contribution in [0, 0.1) is 0 Å². The highest BCUT2D eigenvalue weighted by molar-refractivity contribution is 7.98. The summed E-state index contributed by atoms with van der Waals surface area (Å²) in [6, 6.07) is 28.7. The van der Waals surface area contributed by atoms with Crippen molar-refractivity contribution in [2.45, 2.75) is 42.6 Å². The zero-order chi connectivity index (χ0) is 33.1. The fourth-order valence-electron chi connectivity index (χ4n) is 4.99. The lowest BCUT2D eigenvalue weighted by Gasteiger charge is -2.34. The Morgan fingerprint density at radius 3 is 2.20 bits per heavy atom. The van der Waals surface area contributed by atoms with Crippen LogP contribution >= 0.6 is 23.4 Å². The van der Waals surface area contributed by atoms with Gasteiger partial charge in [-0.25, -0.2) is 8.42 Å². The highest BCUT2D eigenvalue weighted by atomic mass is 35.5. The average Bonchev–Trinajstić information content (AvgIpc) is 3.07. The van der Waals surface area contributed by atoms with E-state index in [9.17, 15) is 18.0 Å². The van der Waals surface area contributed by atoms with Gasteiger partial charge in [-0.1, -0.05) is 72.3 Å². The summed E-state index contributed by atoms with van der Waals surface area (Å²) in [6.45, 7) is 3.64. The van der Waals surface area contributed by atoms with Crippen LogP contribution in [-0.4, -0.2) is 57.1 Å². The second-order valence-electron chi connectivity index (χ2n) is 10.3. The fourth-order valence-corrected chi connectivity index (χ4v) is 7.01. The minimum Gasteiger partial charge on any atom is -0.492 e. The lowest BCUT2D eigenvalue weighted by molar-refractivity contribution is -0.140. The number of amides is 2. The molecule has 1 N–H and O–H groups in total. The number of likely N-dealkylation sites (N-methyl/N-ethyl adjacent to an activating group) is 1. The Hall–Kier alpha value is -3.99. The molecule has 0 saturated heterocycles. The summed E-state index contributed by atoms with van der Waals surface area (Å²) in [5, 5.41) is 3.29. The van der Waals surface area contributed by atoms with E-state index in [-0.39, 0.29) is 36.1 Å². The van der Waals surface area contributed by atoms with E-state index in [1.807, 2.05) is 36.6 Å². The smallest absolute Gasteiger partial charge is 0.264 e. The number of nitrogens with one attached hydrogen (secondary N) is 1. The van der Waals surface area contributed by atoms with Gasteiger partial charge in [0.2, 0.25) is 11.8 Å². The monoisotopic (exact) mass is 679 g/mol. The van der Waals surface area contributed by atoms with Gasteiger partial charge in [0.05, 0.1) is 17.2 Å². The van der Waals surface area contributed by atoms with Crippen LogP contribution in [0.25, 0.3) is 0 Å². The van der Waals surface area contributed by atoms with Crippen LogP contribution in [0.1, 0.15) is 25.0 Å². The van der Waals surface area contributed by atoms with E-state index in [0.29, 0.717) is 22.9 Å². The van der Waals surface area contributed by atoms with Gasteiger partial charge < -0.3 is 15.0 Å². The Kier molecular flexibility index (Phi) is 12.5. The quantitative estimate of drug-likeness (QED) is 0.146. The third-order valence-electron chi connectivity index (χ3n) is 7.28. The number of hydrogen-bond acceptors (Lipinski definition) is 6. The molecule has 4 aromatic carbocycles. The summed E-state index contributed by atoms with van der Waals surface area (Å²) in [6.07, 6.45) is 2.11. The molecule has 0 fully saturated rings. The van der Waals surface area contributed by atoms with Crippen molar-refractivity contribution in [1.29, 1.82) is 0 Å². The van der Waals surface area contributed by atoms with Crippen LogP contribution in [0.2, 0.25) is 5.02 Å². The Morgan fingerprint density at radius 2 is 1.54 bits per heavy atom. The zero-order valence-corrected chi connectivity index (χ0v) is 28.4. The molecule has 0 aliphatic heterocycles. The Balaban J connectivity index is 1.84. The summed E-state index contributed by atoms with van der Waals surface area (Å²) in [5.74, 6) is -0.629. The van der Waals surface area contributed by atoms with Gasteiger partial charge >= 0.3 is 0 Å². The van der Waals surface area contributed by atoms with E-state index in [1.54, 1.807) is 74.5 Å². The van der Waals surface area contributed by atoms with Gasteiger partial charge in [-0.05, 0) is 73.7 Å². The van der Waals surface area contributed by atoms with Crippen molar-refractivity contribution in [3.63, 3.8) is 0 Å². The number of ether oxygens (including phenoxy) is 1. The molecule has 0 aliphatic carbocycles. The molecule has 0 spiro atoms. The lowest BCUT2D eigenvalue weighted by atomic mass is 10.0. The van der Waals surface area contributed by atoms with E-state index in [2.05, 4.69) is 5.32 Å². The Bertz CT molecular complexity index is 1720. The maximum atomic E-state index is 14.6. The topological polar surface area (TPSA) is 96.0 Å². The van der Waals surface area contributed by atoms with Gasteiger partial charge in [-0.3, -0.25) is 13.9 Å². The molecule has 2 amide bonds. The van der Waals surface area contributed by atoms with Crippen molar-refractivity contribution in [3.05, 3.63) is 119 Å². The zero-order valence-electron chi connectivity index (χ0n) is 26.1. The molecule has 0 aliphatic rings. The number of benzene rings is 4. The Morgan fingerprint density at radius 1 is 0.891 bits per heavy atom. The summed E-state index contributed by atoms with van der Waals surface area (Å²) in [4.78, 5) is 30.6. The van der Waals surface area contributed by atoms with Crippen molar-refractivity contribution in [1.82, 2.24) is 10.2 Å². The molecule has 0 saturated carbocycles. The Labute approximate surface area is 280 Å². The van der Waals surface area contributed by atoms with Gasteiger partial charge in [0.1, 0.15) is 18.3 Å². The van der Waals surface area contributed by atoms with Crippen LogP contribution < -0.4 is 14.4 Å². The number of rotatable bonds is 15. The van der Waals surface area contributed by atoms with Gasteiger partial charge in [-0.15, -0.1) is 11.8 Å². The predicted octanol–water partition coefficient (Wildman–Crippen LogP) is 6.43. The number of thioether (sulfide) groups is 1. The summed E-state index contributed by atoms with van der Waals surface area (Å²) < 4.78 is 35.6. The van der Waals surface area contributed by atoms with E-state index in [4.69, 9.17) is 16.3 Å². The van der Waals surface area contributed by atoms with Gasteiger partial charge in [0.15, 0.2) is 0 Å². The molecule has 242 valence electrons. The van der Waals surface area contributed by atoms with E-state index < -0.39 is 28.5 Å². The number of halogens is 1.